The Morgan fingerprint density at radius 3 is 2.12 bits per heavy atom. The zero-order valence-electron chi connectivity index (χ0n) is 22.9. The molecule has 3 heterocycles. The monoisotopic (exact) mass is 607 g/mol. The maximum absolute atomic E-state index is 13.2. The second kappa shape index (κ2) is 12.0. The number of aliphatic hydroxyl groups is 1. The Kier molecular flexibility index (Phi) is 8.86. The number of anilines is 1. The van der Waals surface area contributed by atoms with Crippen molar-refractivity contribution in [3.8, 4) is 0 Å². The molecule has 2 amide bonds. The van der Waals surface area contributed by atoms with E-state index >= 15 is 0 Å². The van der Waals surface area contributed by atoms with E-state index in [-0.39, 0.29) is 11.8 Å². The molecule has 0 aliphatic carbocycles. The summed E-state index contributed by atoms with van der Waals surface area (Å²) in [4.78, 5) is 34.3. The third-order valence-electron chi connectivity index (χ3n) is 8.38. The number of nitrogens with zero attached hydrogens (tertiary/aromatic N) is 4. The van der Waals surface area contributed by atoms with E-state index in [2.05, 4.69) is 22.2 Å². The molecule has 5 rings (SSSR count). The van der Waals surface area contributed by atoms with Crippen LogP contribution in [0.5, 0.6) is 0 Å². The number of piperazine rings is 1. The minimum Gasteiger partial charge on any atom is -0.380 e. The van der Waals surface area contributed by atoms with E-state index in [1.165, 1.54) is 6.92 Å². The predicted molar refractivity (Wildman–Crippen MR) is 159 cm³/mol. The lowest BCUT2D eigenvalue weighted by Gasteiger charge is -2.48. The summed E-state index contributed by atoms with van der Waals surface area (Å²) in [5.74, 6) is -0.346. The van der Waals surface area contributed by atoms with Crippen molar-refractivity contribution in [1.82, 2.24) is 19.6 Å². The van der Waals surface area contributed by atoms with Gasteiger partial charge in [0.25, 0.3) is 11.8 Å². The fraction of sp³-hybridized carbons (Fsp3) is 0.517. The molecule has 0 bridgehead atoms. The largest absolute Gasteiger partial charge is 0.380 e. The zero-order chi connectivity index (χ0) is 28.6. The summed E-state index contributed by atoms with van der Waals surface area (Å²) in [7, 11) is 2.06. The molecule has 2 N–H and O–H groups in total. The number of carbonyl (C=O) groups is 2. The number of carbonyl (C=O) groups excluding carboxylic acids is 2. The molecule has 1 atom stereocenters. The summed E-state index contributed by atoms with van der Waals surface area (Å²) in [6.07, 6.45) is 1.69. The van der Waals surface area contributed by atoms with Crippen LogP contribution in [-0.2, 0) is 10.4 Å². The fourth-order valence-corrected chi connectivity index (χ4v) is 6.58. The second-order valence-electron chi connectivity index (χ2n) is 11.3. The average Bonchev–Trinajstić information content (AvgIpc) is 2.90. The highest BCUT2D eigenvalue weighted by Crippen LogP contribution is 2.32. The van der Waals surface area contributed by atoms with Gasteiger partial charge in [-0.05, 0) is 68.8 Å². The molecule has 2 aromatic rings. The molecular formula is C29H36Cl3N5O3. The molecule has 0 saturated carbocycles. The quantitative estimate of drug-likeness (QED) is 0.516. The Hall–Kier alpha value is -2.07. The number of halogens is 3. The number of piperidine rings is 1. The van der Waals surface area contributed by atoms with Gasteiger partial charge in [-0.15, -0.1) is 0 Å². The molecule has 2 aromatic carbocycles. The standard InChI is InChI=1S/C29H36Cl3N5O3/c1-29(40,19-13-20(30)15-21(31)14-19)28(39)36-7-5-24(6-8-36)37-17-23(18-37)33-22-3-4-25(26(32)16-22)27(38)35-11-9-34(2)10-12-35/h3-4,13-16,23-24,33,40H,5-12,17-18H2,1-2H3/t29-/m0/s1. The van der Waals surface area contributed by atoms with Crippen LogP contribution < -0.4 is 5.32 Å². The Labute approximate surface area is 250 Å². The number of likely N-dealkylation sites (N-methyl/N-ethyl adjacent to an activating group) is 1. The van der Waals surface area contributed by atoms with Gasteiger partial charge >= 0.3 is 0 Å². The number of likely N-dealkylation sites (tertiary alicyclic amines) is 2. The third-order valence-corrected chi connectivity index (χ3v) is 9.13. The minimum absolute atomic E-state index is 0.0119. The number of hydrogen-bond donors (Lipinski definition) is 2. The molecule has 3 saturated heterocycles. The van der Waals surface area contributed by atoms with Crippen LogP contribution in [0.2, 0.25) is 15.1 Å². The van der Waals surface area contributed by atoms with E-state index in [1.807, 2.05) is 23.1 Å². The Balaban J connectivity index is 1.09. The van der Waals surface area contributed by atoms with Crippen LogP contribution in [0.4, 0.5) is 5.69 Å². The van der Waals surface area contributed by atoms with E-state index in [9.17, 15) is 14.7 Å². The summed E-state index contributed by atoms with van der Waals surface area (Å²) in [5, 5.41) is 15.8. The van der Waals surface area contributed by atoms with Crippen molar-refractivity contribution in [2.75, 3.05) is 64.7 Å². The van der Waals surface area contributed by atoms with Crippen molar-refractivity contribution in [3.63, 3.8) is 0 Å². The number of benzene rings is 2. The van der Waals surface area contributed by atoms with Crippen LogP contribution in [0.3, 0.4) is 0 Å². The van der Waals surface area contributed by atoms with Gasteiger partial charge in [0.1, 0.15) is 0 Å². The molecule has 11 heteroatoms. The first kappa shape index (κ1) is 29.4. The SMILES string of the molecule is CN1CCN(C(=O)c2ccc(NC3CN(C4CCN(C(=O)[C@@](C)(O)c5cc(Cl)cc(Cl)c5)CC4)C3)cc2Cl)CC1. The summed E-state index contributed by atoms with van der Waals surface area (Å²) < 4.78 is 0. The maximum Gasteiger partial charge on any atom is 0.258 e. The van der Waals surface area contributed by atoms with Crippen LogP contribution in [-0.4, -0.2) is 108 Å². The van der Waals surface area contributed by atoms with Gasteiger partial charge < -0.3 is 25.1 Å². The smallest absolute Gasteiger partial charge is 0.258 e. The molecule has 216 valence electrons. The van der Waals surface area contributed by atoms with E-state index in [0.29, 0.717) is 64.5 Å². The molecule has 3 aliphatic rings. The first-order chi connectivity index (χ1) is 19.0. The Bertz CT molecular complexity index is 1230. The molecule has 3 aliphatic heterocycles. The maximum atomic E-state index is 13.2. The van der Waals surface area contributed by atoms with Crippen LogP contribution >= 0.6 is 34.8 Å². The van der Waals surface area contributed by atoms with Crippen molar-refractivity contribution in [1.29, 1.82) is 0 Å². The molecule has 0 aromatic heterocycles. The summed E-state index contributed by atoms with van der Waals surface area (Å²) in [6.45, 7) is 7.64. The normalized spacial score (nSPS) is 21.1. The van der Waals surface area contributed by atoms with Gasteiger partial charge in [0, 0.05) is 74.1 Å². The third kappa shape index (κ3) is 6.37. The number of rotatable bonds is 6. The van der Waals surface area contributed by atoms with Crippen LogP contribution in [0.25, 0.3) is 0 Å². The second-order valence-corrected chi connectivity index (χ2v) is 12.6. The molecule has 3 fully saturated rings. The highest BCUT2D eigenvalue weighted by Gasteiger charge is 2.40. The summed E-state index contributed by atoms with van der Waals surface area (Å²) in [6, 6.07) is 11.0. The van der Waals surface area contributed by atoms with E-state index in [0.717, 1.165) is 44.7 Å². The summed E-state index contributed by atoms with van der Waals surface area (Å²) >= 11 is 18.7. The highest BCUT2D eigenvalue weighted by molar-refractivity contribution is 6.35. The first-order valence-electron chi connectivity index (χ1n) is 13.8. The fourth-order valence-electron chi connectivity index (χ4n) is 5.80. The molecule has 0 unspecified atom stereocenters. The highest BCUT2D eigenvalue weighted by atomic mass is 35.5. The molecule has 0 spiro atoms. The van der Waals surface area contributed by atoms with Gasteiger partial charge in [-0.25, -0.2) is 0 Å². The summed E-state index contributed by atoms with van der Waals surface area (Å²) in [5.41, 5.74) is 0.156. The van der Waals surface area contributed by atoms with E-state index in [1.54, 1.807) is 23.1 Å². The predicted octanol–water partition coefficient (Wildman–Crippen LogP) is 4.03. The van der Waals surface area contributed by atoms with Crippen molar-refractivity contribution in [3.05, 3.63) is 62.6 Å². The van der Waals surface area contributed by atoms with Crippen LogP contribution in [0.1, 0.15) is 35.7 Å². The molecule has 8 nitrogen and oxygen atoms in total. The number of nitrogens with one attached hydrogen (secondary N) is 1. The van der Waals surface area contributed by atoms with Crippen LogP contribution in [0, 0.1) is 0 Å². The Morgan fingerprint density at radius 2 is 1.52 bits per heavy atom. The van der Waals surface area contributed by atoms with Crippen molar-refractivity contribution in [2.24, 2.45) is 0 Å². The average molecular weight is 609 g/mol. The first-order valence-corrected chi connectivity index (χ1v) is 14.9. The topological polar surface area (TPSA) is 79.4 Å². The van der Waals surface area contributed by atoms with Gasteiger partial charge in [-0.1, -0.05) is 34.8 Å². The van der Waals surface area contributed by atoms with Gasteiger partial charge in [0.2, 0.25) is 0 Å². The molecule has 40 heavy (non-hydrogen) atoms. The lowest BCUT2D eigenvalue weighted by Crippen LogP contribution is -2.61. The number of amides is 2. The number of hydrogen-bond acceptors (Lipinski definition) is 6. The van der Waals surface area contributed by atoms with E-state index < -0.39 is 5.60 Å². The Morgan fingerprint density at radius 1 is 0.900 bits per heavy atom. The van der Waals surface area contributed by atoms with Gasteiger partial charge in [0.05, 0.1) is 16.6 Å². The van der Waals surface area contributed by atoms with Crippen LogP contribution in [0.15, 0.2) is 36.4 Å². The van der Waals surface area contributed by atoms with Gasteiger partial charge in [0.15, 0.2) is 5.60 Å². The lowest BCUT2D eigenvalue weighted by molar-refractivity contribution is -0.152. The zero-order valence-corrected chi connectivity index (χ0v) is 25.1. The van der Waals surface area contributed by atoms with Crippen molar-refractivity contribution < 1.29 is 14.7 Å². The lowest BCUT2D eigenvalue weighted by atomic mass is 9.92. The van der Waals surface area contributed by atoms with Gasteiger partial charge in [-0.2, -0.15) is 0 Å². The van der Waals surface area contributed by atoms with E-state index in [4.69, 9.17) is 34.8 Å². The molecule has 0 radical (unpaired) electrons. The molecular weight excluding hydrogens is 573 g/mol. The van der Waals surface area contributed by atoms with Crippen molar-refractivity contribution in [2.45, 2.75) is 37.5 Å². The van der Waals surface area contributed by atoms with Crippen molar-refractivity contribution >= 4 is 52.3 Å². The minimum atomic E-state index is -1.70. The van der Waals surface area contributed by atoms with Gasteiger partial charge in [-0.3, -0.25) is 14.5 Å².